The van der Waals surface area contributed by atoms with Crippen LogP contribution in [0.3, 0.4) is 0 Å². The van der Waals surface area contributed by atoms with Crippen LogP contribution in [0.5, 0.6) is 0 Å². The van der Waals surface area contributed by atoms with E-state index in [-0.39, 0.29) is 16.6 Å². The van der Waals surface area contributed by atoms with Gasteiger partial charge in [-0.1, -0.05) is 48.9 Å². The Hall–Kier alpha value is -3.33. The van der Waals surface area contributed by atoms with Crippen molar-refractivity contribution in [1.82, 2.24) is 5.32 Å². The number of hydrogen-bond acceptors (Lipinski definition) is 3. The second-order valence-corrected chi connectivity index (χ2v) is 11.5. The molecule has 1 N–H and O–H groups in total. The maximum atomic E-state index is 13.6. The Labute approximate surface area is 221 Å². The van der Waals surface area contributed by atoms with E-state index in [1.54, 1.807) is 19.1 Å². The Morgan fingerprint density at radius 1 is 0.974 bits per heavy atom. The van der Waals surface area contributed by atoms with Crippen LogP contribution in [0, 0.1) is 6.92 Å². The van der Waals surface area contributed by atoms with Crippen LogP contribution in [-0.2, 0) is 33.8 Å². The molecule has 202 valence electrons. The Kier molecular flexibility index (Phi) is 8.16. The van der Waals surface area contributed by atoms with Crippen molar-refractivity contribution in [2.45, 2.75) is 63.1 Å². The van der Waals surface area contributed by atoms with Crippen molar-refractivity contribution < 1.29 is 26.4 Å². The molecule has 4 rings (SSSR count). The summed E-state index contributed by atoms with van der Waals surface area (Å²) in [5.41, 5.74) is 3.07. The number of nitrogens with one attached hydrogen (secondary N) is 1. The molecule has 9 heteroatoms. The molecule has 1 aliphatic rings. The van der Waals surface area contributed by atoms with E-state index >= 15 is 0 Å². The van der Waals surface area contributed by atoms with Crippen LogP contribution in [0.2, 0.25) is 0 Å². The molecule has 1 unspecified atom stereocenters. The summed E-state index contributed by atoms with van der Waals surface area (Å²) in [6.45, 7) is 3.04. The number of carbonyl (C=O) groups is 1. The number of sulfonamides is 1. The van der Waals surface area contributed by atoms with E-state index in [1.165, 1.54) is 29.3 Å². The number of nitrogens with zero attached hydrogens (tertiary/aromatic N) is 1. The molecule has 38 heavy (non-hydrogen) atoms. The van der Waals surface area contributed by atoms with Crippen LogP contribution < -0.4 is 9.62 Å². The first kappa shape index (κ1) is 27.7. The van der Waals surface area contributed by atoms with Crippen molar-refractivity contribution in [2.75, 3.05) is 10.8 Å². The van der Waals surface area contributed by atoms with Crippen LogP contribution in [-0.4, -0.2) is 20.9 Å². The summed E-state index contributed by atoms with van der Waals surface area (Å²) in [6.07, 6.45) is 0.174. The molecule has 0 aliphatic heterocycles. The van der Waals surface area contributed by atoms with Gasteiger partial charge in [0.15, 0.2) is 0 Å². The highest BCUT2D eigenvalue weighted by Gasteiger charge is 2.33. The Bertz CT molecular complexity index is 1400. The molecule has 0 fully saturated rings. The van der Waals surface area contributed by atoms with Crippen LogP contribution in [0.15, 0.2) is 71.6 Å². The number of halogens is 3. The number of anilines is 1. The number of carbonyl (C=O) groups excluding carboxylic acids is 1. The summed E-state index contributed by atoms with van der Waals surface area (Å²) in [6, 6.07) is 15.8. The van der Waals surface area contributed by atoms with E-state index in [9.17, 15) is 26.4 Å². The van der Waals surface area contributed by atoms with E-state index in [2.05, 4.69) is 17.4 Å². The minimum atomic E-state index is -4.67. The first-order valence-corrected chi connectivity index (χ1v) is 14.1. The van der Waals surface area contributed by atoms with Crippen LogP contribution in [0.25, 0.3) is 0 Å². The number of benzene rings is 3. The lowest BCUT2D eigenvalue weighted by Gasteiger charge is -2.27. The topological polar surface area (TPSA) is 66.5 Å². The largest absolute Gasteiger partial charge is 0.416 e. The number of fused-ring (bicyclic) bond motifs is 1. The summed E-state index contributed by atoms with van der Waals surface area (Å²) >= 11 is 0. The molecular formula is C29H31F3N2O3S. The Balaban J connectivity index is 1.65. The monoisotopic (exact) mass is 544 g/mol. The van der Waals surface area contributed by atoms with Crippen molar-refractivity contribution in [3.05, 3.63) is 94.5 Å². The van der Waals surface area contributed by atoms with Crippen molar-refractivity contribution in [2.24, 2.45) is 0 Å². The average Bonchev–Trinajstić information content (AvgIpc) is 2.90. The SMILES string of the molecule is CCC(NC(=O)CN(c1cccc(C(F)(F)F)c1)S(=O)(=O)c1ccc(C)cc1)c1ccc2c(c1)CCCC2. The number of aryl methyl sites for hydroxylation is 3. The lowest BCUT2D eigenvalue weighted by atomic mass is 9.89. The highest BCUT2D eigenvalue weighted by Crippen LogP contribution is 2.33. The normalized spacial score (nSPS) is 14.4. The van der Waals surface area contributed by atoms with Gasteiger partial charge in [0.2, 0.25) is 5.91 Å². The predicted octanol–water partition coefficient (Wildman–Crippen LogP) is 6.36. The molecule has 3 aromatic rings. The van der Waals surface area contributed by atoms with Gasteiger partial charge < -0.3 is 5.32 Å². The zero-order chi connectivity index (χ0) is 27.5. The summed E-state index contributed by atoms with van der Waals surface area (Å²) in [5.74, 6) is -0.609. The molecule has 5 nitrogen and oxygen atoms in total. The maximum Gasteiger partial charge on any atom is 0.416 e. The highest BCUT2D eigenvalue weighted by atomic mass is 32.2. The van der Waals surface area contributed by atoms with E-state index in [0.29, 0.717) is 6.42 Å². The van der Waals surface area contributed by atoms with Gasteiger partial charge in [0.25, 0.3) is 10.0 Å². The van der Waals surface area contributed by atoms with E-state index in [1.807, 2.05) is 13.0 Å². The third-order valence-corrected chi connectivity index (χ3v) is 8.66. The summed E-state index contributed by atoms with van der Waals surface area (Å²) in [4.78, 5) is 13.1. The molecular weight excluding hydrogens is 513 g/mol. The van der Waals surface area contributed by atoms with Crippen molar-refractivity contribution >= 4 is 21.6 Å². The second kappa shape index (κ2) is 11.2. The number of alkyl halides is 3. The molecule has 0 aromatic heterocycles. The molecule has 0 radical (unpaired) electrons. The van der Waals surface area contributed by atoms with Gasteiger partial charge in [0.05, 0.1) is 22.2 Å². The lowest BCUT2D eigenvalue weighted by molar-refractivity contribution is -0.137. The first-order valence-electron chi connectivity index (χ1n) is 12.7. The molecule has 0 saturated carbocycles. The molecule has 1 aliphatic carbocycles. The van der Waals surface area contributed by atoms with Crippen LogP contribution >= 0.6 is 0 Å². The second-order valence-electron chi connectivity index (χ2n) is 9.64. The molecule has 0 bridgehead atoms. The Morgan fingerprint density at radius 3 is 2.32 bits per heavy atom. The third-order valence-electron chi connectivity index (χ3n) is 6.88. The fraction of sp³-hybridized carbons (Fsp3) is 0.345. The quantitative estimate of drug-likeness (QED) is 0.359. The maximum absolute atomic E-state index is 13.6. The van der Waals surface area contributed by atoms with Crippen molar-refractivity contribution in [3.63, 3.8) is 0 Å². The fourth-order valence-electron chi connectivity index (χ4n) is 4.75. The average molecular weight is 545 g/mol. The summed E-state index contributed by atoms with van der Waals surface area (Å²) in [5, 5.41) is 2.90. The van der Waals surface area contributed by atoms with Crippen molar-refractivity contribution in [3.8, 4) is 0 Å². The number of hydrogen-bond donors (Lipinski definition) is 1. The van der Waals surface area contributed by atoms with E-state index in [0.717, 1.165) is 59.3 Å². The minimum Gasteiger partial charge on any atom is -0.348 e. The predicted molar refractivity (Wildman–Crippen MR) is 141 cm³/mol. The van der Waals surface area contributed by atoms with Gasteiger partial charge in [-0.2, -0.15) is 13.2 Å². The molecule has 3 aromatic carbocycles. The smallest absolute Gasteiger partial charge is 0.348 e. The summed E-state index contributed by atoms with van der Waals surface area (Å²) < 4.78 is 68.2. The molecule has 0 saturated heterocycles. The van der Waals surface area contributed by atoms with E-state index in [4.69, 9.17) is 0 Å². The standard InChI is InChI=1S/C29H31F3N2O3S/c1-3-27(23-14-13-21-7-4-5-8-22(21)17-23)33-28(35)19-34(25-10-6-9-24(18-25)29(30,31)32)38(36,37)26-15-11-20(2)12-16-26/h6,9-18,27H,3-5,7-8,19H2,1-2H3,(H,33,35). The fourth-order valence-corrected chi connectivity index (χ4v) is 6.16. The highest BCUT2D eigenvalue weighted by molar-refractivity contribution is 7.92. The molecule has 0 heterocycles. The Morgan fingerprint density at radius 2 is 1.66 bits per heavy atom. The van der Waals surface area contributed by atoms with Gasteiger partial charge in [-0.25, -0.2) is 8.42 Å². The zero-order valence-corrected chi connectivity index (χ0v) is 22.2. The first-order chi connectivity index (χ1) is 18.0. The zero-order valence-electron chi connectivity index (χ0n) is 21.4. The van der Waals surface area contributed by atoms with Gasteiger partial charge in [0.1, 0.15) is 6.54 Å². The van der Waals surface area contributed by atoms with Crippen LogP contribution in [0.4, 0.5) is 18.9 Å². The molecule has 1 atom stereocenters. The number of amides is 1. The van der Waals surface area contributed by atoms with Gasteiger partial charge >= 0.3 is 6.18 Å². The van der Waals surface area contributed by atoms with Crippen LogP contribution in [0.1, 0.15) is 60.0 Å². The number of rotatable bonds is 8. The minimum absolute atomic E-state index is 0.116. The van der Waals surface area contributed by atoms with Gasteiger partial charge in [-0.3, -0.25) is 9.10 Å². The van der Waals surface area contributed by atoms with Crippen molar-refractivity contribution in [1.29, 1.82) is 0 Å². The lowest BCUT2D eigenvalue weighted by Crippen LogP contribution is -2.42. The van der Waals surface area contributed by atoms with Gasteiger partial charge in [-0.15, -0.1) is 0 Å². The van der Waals surface area contributed by atoms with Gasteiger partial charge in [-0.05, 0) is 86.1 Å². The third kappa shape index (κ3) is 6.20. The summed E-state index contributed by atoms with van der Waals surface area (Å²) in [7, 11) is -4.34. The molecule has 1 amide bonds. The van der Waals surface area contributed by atoms with E-state index < -0.39 is 34.2 Å². The molecule has 0 spiro atoms. The van der Waals surface area contributed by atoms with Gasteiger partial charge in [0, 0.05) is 0 Å².